The molecule has 0 aliphatic carbocycles. The van der Waals surface area contributed by atoms with Gasteiger partial charge >= 0.3 is 0 Å². The highest BCUT2D eigenvalue weighted by Crippen LogP contribution is 2.28. The molecular weight excluding hydrogens is 366 g/mol. The van der Waals surface area contributed by atoms with E-state index in [0.29, 0.717) is 10.8 Å². The summed E-state index contributed by atoms with van der Waals surface area (Å²) in [7, 11) is 0. The van der Waals surface area contributed by atoms with Crippen LogP contribution in [0.3, 0.4) is 0 Å². The number of hydrogen-bond acceptors (Lipinski definition) is 2. The van der Waals surface area contributed by atoms with Gasteiger partial charge in [-0.3, -0.25) is 4.79 Å². The van der Waals surface area contributed by atoms with E-state index < -0.39 is 0 Å². The number of aryl methyl sites for hydroxylation is 3. The minimum atomic E-state index is -0.214. The lowest BCUT2D eigenvalue weighted by Gasteiger charge is -2.13. The highest BCUT2D eigenvalue weighted by molar-refractivity contribution is 9.10. The molecule has 0 saturated carbocycles. The van der Waals surface area contributed by atoms with E-state index in [0.717, 1.165) is 21.3 Å². The quantitative estimate of drug-likeness (QED) is 0.804. The number of nitrogens with one attached hydrogen (secondary N) is 1. The number of carbonyl (C=O) groups is 1. The van der Waals surface area contributed by atoms with Crippen molar-refractivity contribution in [2.24, 2.45) is 0 Å². The molecule has 0 unspecified atom stereocenters. The molecule has 0 aliphatic heterocycles. The molecule has 0 radical (unpaired) electrons. The van der Waals surface area contributed by atoms with Crippen LogP contribution in [-0.2, 0) is 4.79 Å². The molecule has 0 spiro atoms. The fraction of sp³-hybridized carbons (Fsp3) is 0.235. The average molecular weight is 383 g/mol. The Bertz CT molecular complexity index is 693. The Balaban J connectivity index is 2.02. The third-order valence-electron chi connectivity index (χ3n) is 3.19. The molecule has 0 saturated heterocycles. The molecule has 0 heterocycles. The molecule has 22 heavy (non-hydrogen) atoms. The number of anilines is 1. The Labute approximate surface area is 143 Å². The minimum absolute atomic E-state index is 0.0892. The molecule has 2 rings (SSSR count). The Kier molecular flexibility index (Phi) is 5.48. The van der Waals surface area contributed by atoms with Crippen LogP contribution < -0.4 is 10.1 Å². The lowest BCUT2D eigenvalue weighted by molar-refractivity contribution is -0.118. The summed E-state index contributed by atoms with van der Waals surface area (Å²) in [4.78, 5) is 12.1. The van der Waals surface area contributed by atoms with E-state index in [1.54, 1.807) is 12.1 Å². The number of rotatable bonds is 4. The van der Waals surface area contributed by atoms with Crippen molar-refractivity contribution in [3.63, 3.8) is 0 Å². The zero-order chi connectivity index (χ0) is 16.3. The van der Waals surface area contributed by atoms with Gasteiger partial charge in [0.2, 0.25) is 0 Å². The van der Waals surface area contributed by atoms with Crippen LogP contribution in [0.15, 0.2) is 34.8 Å². The Morgan fingerprint density at radius 3 is 2.41 bits per heavy atom. The van der Waals surface area contributed by atoms with Crippen LogP contribution in [0, 0.1) is 20.8 Å². The van der Waals surface area contributed by atoms with Gasteiger partial charge in [-0.2, -0.15) is 0 Å². The number of halogens is 2. The first-order valence-electron chi connectivity index (χ1n) is 6.82. The van der Waals surface area contributed by atoms with Crippen LogP contribution in [0.5, 0.6) is 5.75 Å². The first-order valence-corrected chi connectivity index (χ1v) is 7.99. The molecule has 2 aromatic rings. The second-order valence-corrected chi connectivity index (χ2v) is 6.51. The molecule has 5 heteroatoms. The van der Waals surface area contributed by atoms with Crippen LogP contribution >= 0.6 is 27.5 Å². The Morgan fingerprint density at radius 2 is 1.82 bits per heavy atom. The number of hydrogen-bond donors (Lipinski definition) is 1. The Hall–Kier alpha value is -1.52. The highest BCUT2D eigenvalue weighted by Gasteiger charge is 2.10. The van der Waals surface area contributed by atoms with Crippen molar-refractivity contribution in [2.75, 3.05) is 11.9 Å². The molecule has 2 aromatic carbocycles. The van der Waals surface area contributed by atoms with E-state index in [1.165, 1.54) is 5.56 Å². The average Bonchev–Trinajstić information content (AvgIpc) is 2.42. The molecule has 1 amide bonds. The fourth-order valence-electron chi connectivity index (χ4n) is 2.29. The second-order valence-electron chi connectivity index (χ2n) is 5.19. The van der Waals surface area contributed by atoms with E-state index in [4.69, 9.17) is 16.3 Å². The number of benzene rings is 2. The summed E-state index contributed by atoms with van der Waals surface area (Å²) in [5.74, 6) is 0.270. The monoisotopic (exact) mass is 381 g/mol. The van der Waals surface area contributed by atoms with Crippen molar-refractivity contribution in [3.8, 4) is 5.75 Å². The zero-order valence-corrected chi connectivity index (χ0v) is 15.0. The van der Waals surface area contributed by atoms with Gasteiger partial charge in [-0.25, -0.2) is 0 Å². The topological polar surface area (TPSA) is 38.3 Å². The van der Waals surface area contributed by atoms with Gasteiger partial charge in [-0.1, -0.05) is 45.2 Å². The van der Waals surface area contributed by atoms with Gasteiger partial charge < -0.3 is 10.1 Å². The van der Waals surface area contributed by atoms with Crippen molar-refractivity contribution >= 4 is 39.1 Å². The van der Waals surface area contributed by atoms with Gasteiger partial charge in [0, 0.05) is 10.2 Å². The summed E-state index contributed by atoms with van der Waals surface area (Å²) in [5.41, 5.74) is 4.08. The van der Waals surface area contributed by atoms with Gasteiger partial charge in [0.15, 0.2) is 6.61 Å². The van der Waals surface area contributed by atoms with E-state index in [2.05, 4.69) is 21.2 Å². The van der Waals surface area contributed by atoms with Crippen LogP contribution in [0.2, 0.25) is 5.02 Å². The largest absolute Gasteiger partial charge is 0.482 e. The molecule has 0 aromatic heterocycles. The van der Waals surface area contributed by atoms with Crippen molar-refractivity contribution in [1.82, 2.24) is 0 Å². The van der Waals surface area contributed by atoms with Gasteiger partial charge in [-0.15, -0.1) is 0 Å². The third-order valence-corrected chi connectivity index (χ3v) is 3.98. The molecule has 0 bridgehead atoms. The first-order chi connectivity index (χ1) is 10.4. The zero-order valence-electron chi connectivity index (χ0n) is 12.7. The summed E-state index contributed by atoms with van der Waals surface area (Å²) in [6, 6.07) is 9.34. The molecule has 3 nitrogen and oxygen atoms in total. The number of amides is 1. The number of carbonyl (C=O) groups excluding carboxylic acids is 1. The summed E-state index contributed by atoms with van der Waals surface area (Å²) in [6.07, 6.45) is 0. The molecule has 0 fully saturated rings. The lowest BCUT2D eigenvalue weighted by atomic mass is 10.1. The maximum absolute atomic E-state index is 12.1. The predicted molar refractivity (Wildman–Crippen MR) is 93.9 cm³/mol. The van der Waals surface area contributed by atoms with E-state index in [-0.39, 0.29) is 12.5 Å². The molecular formula is C17H17BrClNO2. The molecule has 1 N–H and O–H groups in total. The third kappa shape index (κ3) is 4.24. The maximum atomic E-state index is 12.1. The summed E-state index contributed by atoms with van der Waals surface area (Å²) in [6.45, 7) is 5.89. The second kappa shape index (κ2) is 7.16. The molecule has 0 aliphatic rings. The van der Waals surface area contributed by atoms with E-state index >= 15 is 0 Å². The van der Waals surface area contributed by atoms with Crippen molar-refractivity contribution < 1.29 is 9.53 Å². The standard InChI is InChI=1S/C17H17BrClNO2/c1-10-6-11(2)17(12(3)7-10)20-16(21)9-22-15-5-4-13(18)8-14(15)19/h4-8H,9H2,1-3H3,(H,20,21). The Morgan fingerprint density at radius 1 is 1.18 bits per heavy atom. The van der Waals surface area contributed by atoms with Crippen LogP contribution in [0.4, 0.5) is 5.69 Å². The van der Waals surface area contributed by atoms with Gasteiger partial charge in [0.25, 0.3) is 5.91 Å². The van der Waals surface area contributed by atoms with Crippen LogP contribution in [0.1, 0.15) is 16.7 Å². The van der Waals surface area contributed by atoms with Crippen molar-refractivity contribution in [2.45, 2.75) is 20.8 Å². The first kappa shape index (κ1) is 16.8. The molecule has 116 valence electrons. The van der Waals surface area contributed by atoms with Gasteiger partial charge in [0.1, 0.15) is 5.75 Å². The van der Waals surface area contributed by atoms with E-state index in [9.17, 15) is 4.79 Å². The van der Waals surface area contributed by atoms with Crippen molar-refractivity contribution in [1.29, 1.82) is 0 Å². The highest BCUT2D eigenvalue weighted by atomic mass is 79.9. The van der Waals surface area contributed by atoms with E-state index in [1.807, 2.05) is 39.0 Å². The maximum Gasteiger partial charge on any atom is 0.262 e. The molecule has 0 atom stereocenters. The smallest absolute Gasteiger partial charge is 0.262 e. The normalized spacial score (nSPS) is 10.4. The van der Waals surface area contributed by atoms with Crippen LogP contribution in [0.25, 0.3) is 0 Å². The summed E-state index contributed by atoms with van der Waals surface area (Å²) < 4.78 is 6.33. The van der Waals surface area contributed by atoms with Crippen molar-refractivity contribution in [3.05, 3.63) is 56.5 Å². The lowest BCUT2D eigenvalue weighted by Crippen LogP contribution is -2.21. The van der Waals surface area contributed by atoms with Gasteiger partial charge in [0.05, 0.1) is 5.02 Å². The van der Waals surface area contributed by atoms with Crippen LogP contribution in [-0.4, -0.2) is 12.5 Å². The minimum Gasteiger partial charge on any atom is -0.482 e. The SMILES string of the molecule is Cc1cc(C)c(NC(=O)COc2ccc(Br)cc2Cl)c(C)c1. The summed E-state index contributed by atoms with van der Waals surface area (Å²) in [5, 5.41) is 3.35. The predicted octanol–water partition coefficient (Wildman–Crippen LogP) is 5.05. The summed E-state index contributed by atoms with van der Waals surface area (Å²) >= 11 is 9.38. The van der Waals surface area contributed by atoms with Gasteiger partial charge in [-0.05, 0) is 50.1 Å². The number of ether oxygens (including phenoxy) is 1. The fourth-order valence-corrected chi connectivity index (χ4v) is 3.02.